The van der Waals surface area contributed by atoms with Gasteiger partial charge in [0.05, 0.1) is 10.7 Å². The predicted molar refractivity (Wildman–Crippen MR) is 91.9 cm³/mol. The largest absolute Gasteiger partial charge is 0.305 e. The summed E-state index contributed by atoms with van der Waals surface area (Å²) in [7, 11) is 0. The molecule has 0 aliphatic heterocycles. The summed E-state index contributed by atoms with van der Waals surface area (Å²) < 4.78 is 1.44. The van der Waals surface area contributed by atoms with Gasteiger partial charge in [0, 0.05) is 16.0 Å². The summed E-state index contributed by atoms with van der Waals surface area (Å²) >= 11 is 13.0. The Hall–Kier alpha value is -0.650. The Morgan fingerprint density at radius 1 is 1.24 bits per heavy atom. The van der Waals surface area contributed by atoms with Crippen molar-refractivity contribution in [3.63, 3.8) is 0 Å². The molecule has 0 spiro atoms. The molecule has 1 N–H and O–H groups in total. The van der Waals surface area contributed by atoms with Gasteiger partial charge in [-0.2, -0.15) is 0 Å². The molecule has 110 valence electrons. The van der Waals surface area contributed by atoms with Crippen LogP contribution >= 0.6 is 43.5 Å². The molecule has 21 heavy (non-hydrogen) atoms. The van der Waals surface area contributed by atoms with Crippen LogP contribution in [-0.2, 0) is 0 Å². The summed E-state index contributed by atoms with van der Waals surface area (Å²) in [6, 6.07) is 5.55. The third kappa shape index (κ3) is 3.10. The van der Waals surface area contributed by atoms with Gasteiger partial charge in [0.25, 0.3) is 5.56 Å². The molecular formula is C15H13Br2ClN2O. The van der Waals surface area contributed by atoms with Crippen LogP contribution in [0, 0.1) is 0 Å². The molecule has 3 nitrogen and oxygen atoms in total. The molecule has 1 heterocycles. The quantitative estimate of drug-likeness (QED) is 0.702. The highest BCUT2D eigenvalue weighted by atomic mass is 79.9. The summed E-state index contributed by atoms with van der Waals surface area (Å²) in [5.74, 6) is 0.886. The van der Waals surface area contributed by atoms with E-state index in [4.69, 9.17) is 11.6 Å². The second kappa shape index (κ2) is 6.23. The minimum absolute atomic E-state index is 0.152. The third-order valence-corrected chi connectivity index (χ3v) is 5.39. The first-order chi connectivity index (χ1) is 10.1. The predicted octanol–water partition coefficient (Wildman–Crippen LogP) is 5.27. The number of hydrogen-bond acceptors (Lipinski definition) is 2. The summed E-state index contributed by atoms with van der Waals surface area (Å²) in [5.41, 5.74) is 1.44. The fourth-order valence-corrected chi connectivity index (χ4v) is 4.03. The lowest BCUT2D eigenvalue weighted by Crippen LogP contribution is -2.15. The monoisotopic (exact) mass is 430 g/mol. The van der Waals surface area contributed by atoms with Gasteiger partial charge in [0.15, 0.2) is 0 Å². The maximum atomic E-state index is 12.2. The highest BCUT2D eigenvalue weighted by molar-refractivity contribution is 9.10. The van der Waals surface area contributed by atoms with Crippen LogP contribution in [0.4, 0.5) is 0 Å². The van der Waals surface area contributed by atoms with Gasteiger partial charge in [0.1, 0.15) is 10.3 Å². The normalized spacial score (nSPS) is 15.6. The summed E-state index contributed by atoms with van der Waals surface area (Å²) in [5, 5.41) is 0.562. The number of aromatic amines is 1. The molecule has 1 fully saturated rings. The standard InChI is InChI=1S/C15H13Br2ClN2O/c16-9-5-6-10(11(18)7-9)14-19-13(8-3-1-2-4-8)12(17)15(21)20-14/h5-8H,1-4H2,(H,19,20,21). The van der Waals surface area contributed by atoms with E-state index in [1.807, 2.05) is 12.1 Å². The van der Waals surface area contributed by atoms with Gasteiger partial charge in [-0.05, 0) is 47.0 Å². The van der Waals surface area contributed by atoms with Crippen molar-refractivity contribution < 1.29 is 0 Å². The zero-order valence-electron chi connectivity index (χ0n) is 11.1. The van der Waals surface area contributed by atoms with Gasteiger partial charge >= 0.3 is 0 Å². The number of nitrogens with zero attached hydrogens (tertiary/aromatic N) is 1. The molecule has 0 atom stereocenters. The Morgan fingerprint density at radius 3 is 2.62 bits per heavy atom. The van der Waals surface area contributed by atoms with E-state index in [0.29, 0.717) is 21.2 Å². The van der Waals surface area contributed by atoms with E-state index in [-0.39, 0.29) is 5.56 Å². The first kappa shape index (κ1) is 15.3. The van der Waals surface area contributed by atoms with Crippen molar-refractivity contribution in [1.82, 2.24) is 9.97 Å². The topological polar surface area (TPSA) is 45.8 Å². The molecule has 0 saturated heterocycles. The van der Waals surface area contributed by atoms with E-state index in [2.05, 4.69) is 41.8 Å². The van der Waals surface area contributed by atoms with E-state index in [1.54, 1.807) is 6.07 Å². The molecule has 1 saturated carbocycles. The second-order valence-corrected chi connectivity index (χ2v) is 7.34. The number of nitrogens with one attached hydrogen (secondary N) is 1. The lowest BCUT2D eigenvalue weighted by molar-refractivity contribution is 0.688. The van der Waals surface area contributed by atoms with Gasteiger partial charge in [-0.3, -0.25) is 4.79 Å². The Morgan fingerprint density at radius 2 is 1.95 bits per heavy atom. The molecule has 3 rings (SSSR count). The van der Waals surface area contributed by atoms with Crippen LogP contribution in [0.15, 0.2) is 31.9 Å². The smallest absolute Gasteiger partial charge is 0.265 e. The van der Waals surface area contributed by atoms with Crippen LogP contribution in [0.2, 0.25) is 5.02 Å². The summed E-state index contributed by atoms with van der Waals surface area (Å²) in [6.45, 7) is 0. The molecule has 2 aromatic rings. The third-order valence-electron chi connectivity index (χ3n) is 3.82. The number of aromatic nitrogens is 2. The lowest BCUT2D eigenvalue weighted by atomic mass is 10.0. The van der Waals surface area contributed by atoms with Crippen LogP contribution in [0.25, 0.3) is 11.4 Å². The van der Waals surface area contributed by atoms with E-state index in [9.17, 15) is 4.79 Å². The zero-order valence-corrected chi connectivity index (χ0v) is 15.1. The van der Waals surface area contributed by atoms with Crippen LogP contribution in [0.5, 0.6) is 0 Å². The highest BCUT2D eigenvalue weighted by Crippen LogP contribution is 2.36. The second-order valence-electron chi connectivity index (χ2n) is 5.22. The number of H-pyrrole nitrogens is 1. The van der Waals surface area contributed by atoms with Gasteiger partial charge < -0.3 is 4.98 Å². The van der Waals surface area contributed by atoms with Crippen molar-refractivity contribution in [1.29, 1.82) is 0 Å². The van der Waals surface area contributed by atoms with Crippen molar-refractivity contribution >= 4 is 43.5 Å². The summed E-state index contributed by atoms with van der Waals surface area (Å²) in [6.07, 6.45) is 4.56. The number of rotatable bonds is 2. The number of hydrogen-bond donors (Lipinski definition) is 1. The zero-order chi connectivity index (χ0) is 15.0. The minimum atomic E-state index is -0.152. The number of halogens is 3. The maximum absolute atomic E-state index is 12.2. The molecule has 1 aromatic carbocycles. The minimum Gasteiger partial charge on any atom is -0.305 e. The first-order valence-electron chi connectivity index (χ1n) is 6.81. The highest BCUT2D eigenvalue weighted by Gasteiger charge is 2.23. The van der Waals surface area contributed by atoms with Crippen LogP contribution in [0.3, 0.4) is 0 Å². The molecule has 0 bridgehead atoms. The number of benzene rings is 1. The molecule has 1 aromatic heterocycles. The molecule has 0 unspecified atom stereocenters. The molecule has 6 heteroatoms. The van der Waals surface area contributed by atoms with E-state index >= 15 is 0 Å². The average Bonchev–Trinajstić information content (AvgIpc) is 2.96. The van der Waals surface area contributed by atoms with Gasteiger partial charge in [0.2, 0.25) is 0 Å². The Balaban J connectivity index is 2.13. The van der Waals surface area contributed by atoms with E-state index in [1.165, 1.54) is 12.8 Å². The fourth-order valence-electron chi connectivity index (χ4n) is 2.76. The van der Waals surface area contributed by atoms with Crippen LogP contribution in [0.1, 0.15) is 37.3 Å². The molecule has 1 aliphatic carbocycles. The van der Waals surface area contributed by atoms with Crippen LogP contribution in [-0.4, -0.2) is 9.97 Å². The maximum Gasteiger partial charge on any atom is 0.265 e. The first-order valence-corrected chi connectivity index (χ1v) is 8.78. The van der Waals surface area contributed by atoms with E-state index < -0.39 is 0 Å². The molecular weight excluding hydrogens is 419 g/mol. The van der Waals surface area contributed by atoms with Crippen molar-refractivity contribution in [3.8, 4) is 11.4 Å². The SMILES string of the molecule is O=c1[nH]c(-c2ccc(Br)cc2Cl)nc(C2CCCC2)c1Br. The van der Waals surface area contributed by atoms with Gasteiger partial charge in [-0.1, -0.05) is 40.4 Å². The summed E-state index contributed by atoms with van der Waals surface area (Å²) in [4.78, 5) is 19.7. The van der Waals surface area contributed by atoms with Gasteiger partial charge in [-0.25, -0.2) is 4.98 Å². The lowest BCUT2D eigenvalue weighted by Gasteiger charge is -2.13. The molecule has 0 amide bonds. The molecule has 0 radical (unpaired) electrons. The van der Waals surface area contributed by atoms with Crippen LogP contribution < -0.4 is 5.56 Å². The van der Waals surface area contributed by atoms with Crippen molar-refractivity contribution in [2.24, 2.45) is 0 Å². The molecule has 1 aliphatic rings. The fraction of sp³-hybridized carbons (Fsp3) is 0.333. The Bertz CT molecular complexity index is 739. The van der Waals surface area contributed by atoms with Gasteiger partial charge in [-0.15, -0.1) is 0 Å². The van der Waals surface area contributed by atoms with Crippen molar-refractivity contribution in [3.05, 3.63) is 48.2 Å². The Kier molecular flexibility index (Phi) is 4.52. The van der Waals surface area contributed by atoms with Crippen molar-refractivity contribution in [2.45, 2.75) is 31.6 Å². The van der Waals surface area contributed by atoms with Crippen molar-refractivity contribution in [2.75, 3.05) is 0 Å². The average molecular weight is 433 g/mol. The Labute approximate surface area is 144 Å². The van der Waals surface area contributed by atoms with E-state index in [0.717, 1.165) is 28.6 Å².